The highest BCUT2D eigenvalue weighted by Gasteiger charge is 2.54. The van der Waals surface area contributed by atoms with Crippen LogP contribution < -0.4 is 4.90 Å². The fourth-order valence-electron chi connectivity index (χ4n) is 4.75. The summed E-state index contributed by atoms with van der Waals surface area (Å²) in [6, 6.07) is 19.4. The van der Waals surface area contributed by atoms with Crippen molar-refractivity contribution in [3.8, 4) is 0 Å². The minimum Gasteiger partial charge on any atom is -0.399 e. The molecule has 0 N–H and O–H groups in total. The molecule has 0 saturated carbocycles. The Balaban J connectivity index is 1.58. The van der Waals surface area contributed by atoms with E-state index in [4.69, 9.17) is 9.31 Å². The molecule has 4 heteroatoms. The molecular formula is C25H28BNO2. The number of fused-ring (bicyclic) bond motifs is 3. The van der Waals surface area contributed by atoms with Crippen LogP contribution in [0.15, 0.2) is 78.3 Å². The van der Waals surface area contributed by atoms with E-state index in [0.29, 0.717) is 0 Å². The van der Waals surface area contributed by atoms with Crippen LogP contribution in [0.5, 0.6) is 0 Å². The van der Waals surface area contributed by atoms with Gasteiger partial charge in [-0.15, -0.1) is 0 Å². The Kier molecular flexibility index (Phi) is 3.94. The average molecular weight is 385 g/mol. The summed E-state index contributed by atoms with van der Waals surface area (Å²) >= 11 is 0. The van der Waals surface area contributed by atoms with Gasteiger partial charge in [0, 0.05) is 17.3 Å². The summed E-state index contributed by atoms with van der Waals surface area (Å²) in [5.41, 5.74) is 4.09. The Morgan fingerprint density at radius 1 is 0.828 bits per heavy atom. The summed E-state index contributed by atoms with van der Waals surface area (Å²) in [4.78, 5) is 2.46. The monoisotopic (exact) mass is 385 g/mol. The van der Waals surface area contributed by atoms with Gasteiger partial charge >= 0.3 is 7.12 Å². The second kappa shape index (κ2) is 6.10. The highest BCUT2D eigenvalue weighted by Crippen LogP contribution is 2.55. The summed E-state index contributed by atoms with van der Waals surface area (Å²) in [5, 5.41) is 0. The van der Waals surface area contributed by atoms with E-state index < -0.39 is 0 Å². The van der Waals surface area contributed by atoms with Gasteiger partial charge in [-0.1, -0.05) is 54.6 Å². The number of allylic oxidation sites excluding steroid dienone is 2. The Hall–Kier alpha value is -2.30. The van der Waals surface area contributed by atoms with Gasteiger partial charge in [-0.05, 0) is 63.9 Å². The molecule has 0 spiro atoms. The first-order valence-corrected chi connectivity index (χ1v) is 10.4. The van der Waals surface area contributed by atoms with Crippen molar-refractivity contribution in [2.45, 2.75) is 57.3 Å². The van der Waals surface area contributed by atoms with Crippen LogP contribution in [0.25, 0.3) is 0 Å². The van der Waals surface area contributed by atoms with E-state index in [1.54, 1.807) is 0 Å². The molecule has 2 aliphatic heterocycles. The van der Waals surface area contributed by atoms with E-state index in [1.165, 1.54) is 16.9 Å². The normalized spacial score (nSPS) is 28.9. The lowest BCUT2D eigenvalue weighted by Crippen LogP contribution is -2.43. The Bertz CT molecular complexity index is 994. The summed E-state index contributed by atoms with van der Waals surface area (Å²) in [6.07, 6.45) is 6.87. The largest absolute Gasteiger partial charge is 0.494 e. The fourth-order valence-corrected chi connectivity index (χ4v) is 4.75. The zero-order chi connectivity index (χ0) is 20.4. The molecule has 29 heavy (non-hydrogen) atoms. The van der Waals surface area contributed by atoms with Gasteiger partial charge in [0.1, 0.15) is 0 Å². The topological polar surface area (TPSA) is 21.7 Å². The minimum absolute atomic E-state index is 0.168. The van der Waals surface area contributed by atoms with E-state index in [-0.39, 0.29) is 29.8 Å². The molecule has 0 aromatic heterocycles. The molecule has 1 aliphatic carbocycles. The van der Waals surface area contributed by atoms with Gasteiger partial charge in [-0.2, -0.15) is 0 Å². The molecule has 2 atom stereocenters. The van der Waals surface area contributed by atoms with Crippen molar-refractivity contribution in [3.63, 3.8) is 0 Å². The summed E-state index contributed by atoms with van der Waals surface area (Å²) in [5.74, 6) is 0.234. The van der Waals surface area contributed by atoms with Crippen molar-refractivity contribution in [3.05, 3.63) is 83.9 Å². The molecule has 2 heterocycles. The number of nitrogens with zero attached hydrogens (tertiary/aromatic N) is 1. The lowest BCUT2D eigenvalue weighted by Gasteiger charge is -2.40. The van der Waals surface area contributed by atoms with E-state index in [2.05, 4.69) is 112 Å². The van der Waals surface area contributed by atoms with Crippen LogP contribution in [0.2, 0.25) is 0 Å². The van der Waals surface area contributed by atoms with Crippen molar-refractivity contribution >= 4 is 18.5 Å². The Morgan fingerprint density at radius 2 is 1.45 bits per heavy atom. The Morgan fingerprint density at radius 3 is 2.14 bits per heavy atom. The van der Waals surface area contributed by atoms with Crippen molar-refractivity contribution in [2.24, 2.45) is 0 Å². The fraction of sp³-hybridized carbons (Fsp3) is 0.360. The molecule has 148 valence electrons. The van der Waals surface area contributed by atoms with Crippen molar-refractivity contribution in [1.82, 2.24) is 0 Å². The van der Waals surface area contributed by atoms with Gasteiger partial charge in [-0.25, -0.2) is 0 Å². The highest BCUT2D eigenvalue weighted by molar-refractivity contribution is 6.55. The number of benzene rings is 2. The first-order valence-electron chi connectivity index (χ1n) is 10.4. The van der Waals surface area contributed by atoms with Crippen LogP contribution in [-0.4, -0.2) is 23.9 Å². The van der Waals surface area contributed by atoms with E-state index >= 15 is 0 Å². The van der Waals surface area contributed by atoms with Gasteiger partial charge in [0.2, 0.25) is 0 Å². The van der Waals surface area contributed by atoms with Crippen LogP contribution in [0.3, 0.4) is 0 Å². The van der Waals surface area contributed by atoms with Crippen molar-refractivity contribution < 1.29 is 9.31 Å². The number of para-hydroxylation sites is 2. The maximum absolute atomic E-state index is 6.33. The third-order valence-corrected chi connectivity index (χ3v) is 7.14. The van der Waals surface area contributed by atoms with Crippen LogP contribution in [-0.2, 0) is 9.31 Å². The summed E-state index contributed by atoms with van der Waals surface area (Å²) < 4.78 is 12.7. The molecule has 0 radical (unpaired) electrons. The smallest absolute Gasteiger partial charge is 0.399 e. The van der Waals surface area contributed by atoms with Crippen molar-refractivity contribution in [1.29, 1.82) is 0 Å². The lowest BCUT2D eigenvalue weighted by atomic mass is 9.68. The van der Waals surface area contributed by atoms with Gasteiger partial charge in [0.15, 0.2) is 0 Å². The van der Waals surface area contributed by atoms with Crippen LogP contribution in [0.1, 0.15) is 46.1 Å². The maximum Gasteiger partial charge on any atom is 0.494 e. The molecule has 2 unspecified atom stereocenters. The van der Waals surface area contributed by atoms with Crippen LogP contribution >= 0.6 is 0 Å². The zero-order valence-corrected chi connectivity index (χ0v) is 17.8. The van der Waals surface area contributed by atoms with Crippen molar-refractivity contribution in [2.75, 3.05) is 4.90 Å². The highest BCUT2D eigenvalue weighted by atomic mass is 16.7. The molecule has 5 rings (SSSR count). The minimum atomic E-state index is -0.337. The summed E-state index contributed by atoms with van der Waals surface area (Å²) in [7, 11) is -0.335. The number of hydrogen-bond donors (Lipinski definition) is 0. The lowest BCUT2D eigenvalue weighted by molar-refractivity contribution is 0.00578. The third kappa shape index (κ3) is 2.66. The molecule has 3 nitrogen and oxygen atoms in total. The number of rotatable bonds is 2. The van der Waals surface area contributed by atoms with Gasteiger partial charge in [-0.3, -0.25) is 0 Å². The molecule has 0 bridgehead atoms. The number of anilines is 2. The van der Waals surface area contributed by atoms with E-state index in [0.717, 1.165) is 5.47 Å². The number of hydrogen-bond acceptors (Lipinski definition) is 3. The zero-order valence-electron chi connectivity index (χ0n) is 17.8. The molecule has 2 aromatic rings. The predicted molar refractivity (Wildman–Crippen MR) is 119 cm³/mol. The molecule has 2 aromatic carbocycles. The quantitative estimate of drug-likeness (QED) is 0.609. The third-order valence-electron chi connectivity index (χ3n) is 7.14. The first kappa shape index (κ1) is 18.7. The van der Waals surface area contributed by atoms with Gasteiger partial charge < -0.3 is 14.2 Å². The maximum atomic E-state index is 6.33. The van der Waals surface area contributed by atoms with Gasteiger partial charge in [0.05, 0.1) is 16.7 Å². The standard InChI is InChI=1S/C25H28BNO2/c1-23(2)24(3,4)29-26(28-23)18-15-16-25(5)21(17-18)20-13-9-10-14-22(20)27(25)19-11-7-6-8-12-19/h6-17,21H,1-5H3. The molecular weight excluding hydrogens is 357 g/mol. The predicted octanol–water partition coefficient (Wildman–Crippen LogP) is 5.81. The van der Waals surface area contributed by atoms with Crippen LogP contribution in [0.4, 0.5) is 11.4 Å². The second-order valence-electron chi connectivity index (χ2n) is 9.52. The SMILES string of the molecule is CC12C=CC(B3OC(C)(C)C(C)(C)O3)=CC1c1ccccc1N2c1ccccc1. The van der Waals surface area contributed by atoms with Crippen LogP contribution in [0, 0.1) is 0 Å². The molecule has 1 saturated heterocycles. The molecule has 3 aliphatic rings. The molecule has 0 amide bonds. The Labute approximate surface area is 174 Å². The molecule has 1 fully saturated rings. The van der Waals surface area contributed by atoms with Gasteiger partial charge in [0.25, 0.3) is 0 Å². The second-order valence-corrected chi connectivity index (χ2v) is 9.52. The van der Waals surface area contributed by atoms with E-state index in [1.807, 2.05) is 0 Å². The average Bonchev–Trinajstić information content (AvgIpc) is 3.07. The van der Waals surface area contributed by atoms with E-state index in [9.17, 15) is 0 Å². The first-order chi connectivity index (χ1) is 13.7. The summed E-state index contributed by atoms with van der Waals surface area (Å²) in [6.45, 7) is 10.7.